The number of nitrogens with zero attached hydrogens (tertiary/aromatic N) is 1. The Morgan fingerprint density at radius 1 is 1.05 bits per heavy atom. The summed E-state index contributed by atoms with van der Waals surface area (Å²) in [5.74, 6) is 0.120. The molecule has 0 saturated carbocycles. The standard InChI is InChI=1S/C17H14N2O2/c1-12-6-5-9-14(10-12)17(20)18-16-11-15(19-21-16)13-7-3-2-4-8-13/h2-11H,1H3,(H,18,20). The number of aromatic nitrogens is 1. The molecule has 1 amide bonds. The maximum absolute atomic E-state index is 12.1. The van der Waals surface area contributed by atoms with Crippen molar-refractivity contribution in [1.82, 2.24) is 5.16 Å². The second kappa shape index (κ2) is 5.63. The van der Waals surface area contributed by atoms with Gasteiger partial charge in [0.2, 0.25) is 5.88 Å². The van der Waals surface area contributed by atoms with Gasteiger partial charge < -0.3 is 4.52 Å². The van der Waals surface area contributed by atoms with Crippen molar-refractivity contribution < 1.29 is 9.32 Å². The average Bonchev–Trinajstić information content (AvgIpc) is 2.97. The fraction of sp³-hybridized carbons (Fsp3) is 0.0588. The summed E-state index contributed by atoms with van der Waals surface area (Å²) in [6, 6.07) is 18.7. The molecule has 1 aromatic heterocycles. The number of anilines is 1. The molecule has 1 heterocycles. The van der Waals surface area contributed by atoms with Crippen LogP contribution in [0.3, 0.4) is 0 Å². The highest BCUT2D eigenvalue weighted by molar-refractivity contribution is 6.03. The summed E-state index contributed by atoms with van der Waals surface area (Å²) in [6.45, 7) is 1.94. The molecule has 0 aliphatic heterocycles. The van der Waals surface area contributed by atoms with Crippen molar-refractivity contribution in [3.8, 4) is 11.3 Å². The number of aryl methyl sites for hydroxylation is 1. The molecule has 1 N–H and O–H groups in total. The van der Waals surface area contributed by atoms with Gasteiger partial charge in [0.05, 0.1) is 0 Å². The van der Waals surface area contributed by atoms with Gasteiger partial charge in [0.25, 0.3) is 5.91 Å². The van der Waals surface area contributed by atoms with Gasteiger partial charge in [-0.2, -0.15) is 0 Å². The first kappa shape index (κ1) is 13.1. The molecule has 0 radical (unpaired) electrons. The van der Waals surface area contributed by atoms with E-state index in [-0.39, 0.29) is 5.91 Å². The van der Waals surface area contributed by atoms with Crippen molar-refractivity contribution in [2.24, 2.45) is 0 Å². The summed E-state index contributed by atoms with van der Waals surface area (Å²) in [5, 5.41) is 6.67. The number of amides is 1. The van der Waals surface area contributed by atoms with Crippen LogP contribution in [0.1, 0.15) is 15.9 Å². The van der Waals surface area contributed by atoms with Crippen molar-refractivity contribution in [3.05, 3.63) is 71.8 Å². The van der Waals surface area contributed by atoms with Crippen LogP contribution in [0.4, 0.5) is 5.88 Å². The second-order valence-corrected chi connectivity index (χ2v) is 4.77. The second-order valence-electron chi connectivity index (χ2n) is 4.77. The lowest BCUT2D eigenvalue weighted by molar-refractivity contribution is 0.102. The van der Waals surface area contributed by atoms with Crippen LogP contribution in [0.5, 0.6) is 0 Å². The van der Waals surface area contributed by atoms with E-state index in [1.54, 1.807) is 12.1 Å². The van der Waals surface area contributed by atoms with Crippen molar-refractivity contribution >= 4 is 11.8 Å². The van der Waals surface area contributed by atoms with Crippen LogP contribution in [0.2, 0.25) is 0 Å². The Morgan fingerprint density at radius 2 is 1.86 bits per heavy atom. The minimum Gasteiger partial charge on any atom is -0.338 e. The van der Waals surface area contributed by atoms with Gasteiger partial charge in [-0.25, -0.2) is 0 Å². The summed E-state index contributed by atoms with van der Waals surface area (Å²) in [7, 11) is 0. The predicted molar refractivity (Wildman–Crippen MR) is 81.1 cm³/mol. The van der Waals surface area contributed by atoms with E-state index in [1.165, 1.54) is 0 Å². The fourth-order valence-corrected chi connectivity index (χ4v) is 2.05. The number of hydrogen-bond donors (Lipinski definition) is 1. The van der Waals surface area contributed by atoms with E-state index in [2.05, 4.69) is 10.5 Å². The Labute approximate surface area is 122 Å². The minimum absolute atomic E-state index is 0.213. The normalized spacial score (nSPS) is 10.3. The van der Waals surface area contributed by atoms with Crippen LogP contribution in [0.15, 0.2) is 65.2 Å². The number of benzene rings is 2. The zero-order chi connectivity index (χ0) is 14.7. The number of carbonyl (C=O) groups excluding carboxylic acids is 1. The number of carbonyl (C=O) groups is 1. The molecule has 0 saturated heterocycles. The van der Waals surface area contributed by atoms with E-state index < -0.39 is 0 Å². The maximum atomic E-state index is 12.1. The molecule has 0 spiro atoms. The van der Waals surface area contributed by atoms with Crippen LogP contribution >= 0.6 is 0 Å². The Kier molecular flexibility index (Phi) is 3.51. The van der Waals surface area contributed by atoms with E-state index >= 15 is 0 Å². The highest BCUT2D eigenvalue weighted by atomic mass is 16.5. The molecule has 0 aliphatic carbocycles. The third-order valence-electron chi connectivity index (χ3n) is 3.10. The zero-order valence-corrected chi connectivity index (χ0v) is 11.5. The number of rotatable bonds is 3. The molecular weight excluding hydrogens is 264 g/mol. The van der Waals surface area contributed by atoms with Crippen LogP contribution < -0.4 is 5.32 Å². The van der Waals surface area contributed by atoms with Crippen LogP contribution in [0, 0.1) is 6.92 Å². The number of hydrogen-bond acceptors (Lipinski definition) is 3. The summed E-state index contributed by atoms with van der Waals surface area (Å²) in [4.78, 5) is 12.1. The van der Waals surface area contributed by atoms with Crippen LogP contribution in [0.25, 0.3) is 11.3 Å². The summed E-state index contributed by atoms with van der Waals surface area (Å²) < 4.78 is 5.16. The average molecular weight is 278 g/mol. The topological polar surface area (TPSA) is 55.1 Å². The molecule has 2 aromatic carbocycles. The lowest BCUT2D eigenvalue weighted by atomic mass is 10.1. The fourth-order valence-electron chi connectivity index (χ4n) is 2.05. The molecular formula is C17H14N2O2. The maximum Gasteiger partial charge on any atom is 0.258 e. The van der Waals surface area contributed by atoms with Gasteiger partial charge in [0, 0.05) is 17.2 Å². The highest BCUT2D eigenvalue weighted by Gasteiger charge is 2.11. The zero-order valence-electron chi connectivity index (χ0n) is 11.5. The lowest BCUT2D eigenvalue weighted by Gasteiger charge is -2.01. The number of nitrogens with one attached hydrogen (secondary N) is 1. The Morgan fingerprint density at radius 3 is 2.62 bits per heavy atom. The van der Waals surface area contributed by atoms with Gasteiger partial charge in [-0.05, 0) is 19.1 Å². The monoisotopic (exact) mass is 278 g/mol. The first-order valence-electron chi connectivity index (χ1n) is 6.62. The van der Waals surface area contributed by atoms with Gasteiger partial charge >= 0.3 is 0 Å². The van der Waals surface area contributed by atoms with Crippen molar-refractivity contribution in [2.45, 2.75) is 6.92 Å². The van der Waals surface area contributed by atoms with Crippen LogP contribution in [-0.4, -0.2) is 11.1 Å². The van der Waals surface area contributed by atoms with E-state index in [4.69, 9.17) is 4.52 Å². The first-order chi connectivity index (χ1) is 10.2. The quantitative estimate of drug-likeness (QED) is 0.790. The van der Waals surface area contributed by atoms with Gasteiger partial charge in [0.1, 0.15) is 5.69 Å². The summed E-state index contributed by atoms with van der Waals surface area (Å²) >= 11 is 0. The molecule has 3 rings (SSSR count). The third-order valence-corrected chi connectivity index (χ3v) is 3.10. The lowest BCUT2D eigenvalue weighted by Crippen LogP contribution is -2.11. The largest absolute Gasteiger partial charge is 0.338 e. The first-order valence-corrected chi connectivity index (χ1v) is 6.62. The molecule has 0 atom stereocenters. The molecule has 4 nitrogen and oxygen atoms in total. The Balaban J connectivity index is 1.77. The van der Waals surface area contributed by atoms with Crippen molar-refractivity contribution in [1.29, 1.82) is 0 Å². The molecule has 0 aliphatic rings. The summed E-state index contributed by atoms with van der Waals surface area (Å²) in [5.41, 5.74) is 3.25. The Bertz CT molecular complexity index is 763. The van der Waals surface area contributed by atoms with E-state index in [9.17, 15) is 4.79 Å². The van der Waals surface area contributed by atoms with E-state index in [1.807, 2.05) is 55.5 Å². The summed E-state index contributed by atoms with van der Waals surface area (Å²) in [6.07, 6.45) is 0. The predicted octanol–water partition coefficient (Wildman–Crippen LogP) is 3.90. The molecule has 0 fully saturated rings. The van der Waals surface area contributed by atoms with Crippen LogP contribution in [-0.2, 0) is 0 Å². The Hall–Kier alpha value is -2.88. The third kappa shape index (κ3) is 3.00. The van der Waals surface area contributed by atoms with Gasteiger partial charge in [-0.15, -0.1) is 0 Å². The molecule has 4 heteroatoms. The van der Waals surface area contributed by atoms with E-state index in [0.717, 1.165) is 11.1 Å². The van der Waals surface area contributed by atoms with Gasteiger partial charge in [-0.3, -0.25) is 10.1 Å². The molecule has 21 heavy (non-hydrogen) atoms. The van der Waals surface area contributed by atoms with Crippen molar-refractivity contribution in [3.63, 3.8) is 0 Å². The smallest absolute Gasteiger partial charge is 0.258 e. The van der Waals surface area contributed by atoms with E-state index in [0.29, 0.717) is 17.1 Å². The molecule has 3 aromatic rings. The molecule has 104 valence electrons. The van der Waals surface area contributed by atoms with Crippen molar-refractivity contribution in [2.75, 3.05) is 5.32 Å². The molecule has 0 bridgehead atoms. The SMILES string of the molecule is Cc1cccc(C(=O)Nc2cc(-c3ccccc3)no2)c1. The molecule has 0 unspecified atom stereocenters. The minimum atomic E-state index is -0.213. The highest BCUT2D eigenvalue weighted by Crippen LogP contribution is 2.21. The van der Waals surface area contributed by atoms with Gasteiger partial charge in [-0.1, -0.05) is 53.2 Å². The van der Waals surface area contributed by atoms with Gasteiger partial charge in [0.15, 0.2) is 0 Å².